The van der Waals surface area contributed by atoms with Crippen molar-refractivity contribution in [2.24, 2.45) is 5.73 Å². The average Bonchev–Trinajstić information content (AvgIpc) is 3.34. The normalized spacial score (nSPS) is 13.8. The topological polar surface area (TPSA) is 77.3 Å². The largest absolute Gasteiger partial charge is 0.464 e. The lowest BCUT2D eigenvalue weighted by Gasteiger charge is -2.22. The third kappa shape index (κ3) is 12.0. The van der Waals surface area contributed by atoms with E-state index in [0.717, 1.165) is 55.2 Å². The molecular weight excluding hydrogens is 460 g/mol. The van der Waals surface area contributed by atoms with Crippen LogP contribution in [0.5, 0.6) is 0 Å². The smallest absolute Gasteiger partial charge is 0.330 e. The highest BCUT2D eigenvalue weighted by Gasteiger charge is 2.34. The van der Waals surface area contributed by atoms with Crippen LogP contribution in [0, 0.1) is 0 Å². The number of aromatic amines is 1. The molecule has 1 heterocycles. The summed E-state index contributed by atoms with van der Waals surface area (Å²) in [6.45, 7) is 5.58. The van der Waals surface area contributed by atoms with Crippen LogP contribution in [-0.4, -0.2) is 30.8 Å². The fourth-order valence-corrected chi connectivity index (χ4v) is 4.12. The molecule has 0 radical (unpaired) electrons. The predicted octanol–water partition coefficient (Wildman–Crippen LogP) is 7.88. The zero-order valence-corrected chi connectivity index (χ0v) is 23.1. The van der Waals surface area contributed by atoms with Crippen LogP contribution in [0.25, 0.3) is 10.9 Å². The molecule has 2 rings (SSSR count). The summed E-state index contributed by atoms with van der Waals surface area (Å²) in [5, 5.41) is 0.941. The summed E-state index contributed by atoms with van der Waals surface area (Å²) in [4.78, 5) is 15.8. The van der Waals surface area contributed by atoms with Gasteiger partial charge in [0.25, 0.3) is 0 Å². The lowest BCUT2D eigenvalue weighted by Crippen LogP contribution is -2.43. The molecular formula is C32H48N2O3. The summed E-state index contributed by atoms with van der Waals surface area (Å²) in [7, 11) is 0. The monoisotopic (exact) mass is 508 g/mol. The SMILES string of the molecule is CCCCCC=CCC=CCC=CCCCCCOCCCOC(=O)C(C)(N)c1c[nH]c2ccccc12. The highest BCUT2D eigenvalue weighted by molar-refractivity contribution is 5.92. The minimum absolute atomic E-state index is 0.308. The van der Waals surface area contributed by atoms with Crippen molar-refractivity contribution in [2.75, 3.05) is 19.8 Å². The van der Waals surface area contributed by atoms with Crippen molar-refractivity contribution >= 4 is 16.9 Å². The molecule has 0 amide bonds. The Hall–Kier alpha value is -2.63. The summed E-state index contributed by atoms with van der Waals surface area (Å²) in [6.07, 6.45) is 27.8. The van der Waals surface area contributed by atoms with Gasteiger partial charge in [-0.1, -0.05) is 80.8 Å². The number of carbonyl (C=O) groups excluding carboxylic acids is 1. The second kappa shape index (κ2) is 18.6. The minimum Gasteiger partial charge on any atom is -0.464 e. The molecule has 1 aromatic carbocycles. The molecule has 0 aliphatic rings. The van der Waals surface area contributed by atoms with Gasteiger partial charge in [-0.05, 0) is 57.9 Å². The molecule has 204 valence electrons. The van der Waals surface area contributed by atoms with Crippen molar-refractivity contribution in [1.82, 2.24) is 4.98 Å². The zero-order valence-electron chi connectivity index (χ0n) is 23.1. The van der Waals surface area contributed by atoms with Crippen LogP contribution in [0.15, 0.2) is 66.9 Å². The van der Waals surface area contributed by atoms with Gasteiger partial charge >= 0.3 is 5.97 Å². The van der Waals surface area contributed by atoms with E-state index in [0.29, 0.717) is 19.6 Å². The van der Waals surface area contributed by atoms with E-state index < -0.39 is 11.5 Å². The fourth-order valence-electron chi connectivity index (χ4n) is 4.12. The van der Waals surface area contributed by atoms with Crippen LogP contribution in [-0.2, 0) is 19.8 Å². The van der Waals surface area contributed by atoms with Crippen molar-refractivity contribution in [1.29, 1.82) is 0 Å². The number of rotatable bonds is 20. The third-order valence-corrected chi connectivity index (χ3v) is 6.42. The molecule has 1 aromatic heterocycles. The zero-order chi connectivity index (χ0) is 26.6. The van der Waals surface area contributed by atoms with Crippen molar-refractivity contribution < 1.29 is 14.3 Å². The van der Waals surface area contributed by atoms with Crippen LogP contribution in [0.2, 0.25) is 0 Å². The maximum Gasteiger partial charge on any atom is 0.330 e. The molecule has 0 saturated carbocycles. The number of hydrogen-bond acceptors (Lipinski definition) is 4. The highest BCUT2D eigenvalue weighted by Crippen LogP contribution is 2.27. The molecule has 0 aliphatic heterocycles. The van der Waals surface area contributed by atoms with Gasteiger partial charge in [0, 0.05) is 42.3 Å². The number of fused-ring (bicyclic) bond motifs is 1. The number of esters is 1. The Balaban J connectivity index is 1.42. The number of allylic oxidation sites excluding steroid dienone is 6. The van der Waals surface area contributed by atoms with Gasteiger partial charge in [0.1, 0.15) is 5.54 Å². The number of para-hydroxylation sites is 1. The first-order chi connectivity index (χ1) is 18.1. The molecule has 1 atom stereocenters. The Morgan fingerprint density at radius 3 is 2.24 bits per heavy atom. The summed E-state index contributed by atoms with van der Waals surface area (Å²) >= 11 is 0. The third-order valence-electron chi connectivity index (χ3n) is 6.42. The van der Waals surface area contributed by atoms with Crippen molar-refractivity contribution in [3.8, 4) is 0 Å². The number of aromatic nitrogens is 1. The molecule has 0 fully saturated rings. The lowest BCUT2D eigenvalue weighted by atomic mass is 9.93. The lowest BCUT2D eigenvalue weighted by molar-refractivity contribution is -0.150. The van der Waals surface area contributed by atoms with Crippen LogP contribution < -0.4 is 5.73 Å². The van der Waals surface area contributed by atoms with Gasteiger partial charge in [-0.15, -0.1) is 0 Å². The van der Waals surface area contributed by atoms with Gasteiger partial charge in [-0.2, -0.15) is 0 Å². The number of H-pyrrole nitrogens is 1. The average molecular weight is 509 g/mol. The molecule has 2 aromatic rings. The number of unbranched alkanes of at least 4 members (excludes halogenated alkanes) is 6. The molecule has 37 heavy (non-hydrogen) atoms. The number of benzene rings is 1. The van der Waals surface area contributed by atoms with Gasteiger partial charge in [-0.3, -0.25) is 0 Å². The maximum atomic E-state index is 12.6. The second-order valence-electron chi connectivity index (χ2n) is 9.78. The summed E-state index contributed by atoms with van der Waals surface area (Å²) in [5.41, 5.74) is 6.85. The highest BCUT2D eigenvalue weighted by atomic mass is 16.5. The predicted molar refractivity (Wildman–Crippen MR) is 155 cm³/mol. The van der Waals surface area contributed by atoms with Crippen molar-refractivity contribution in [2.45, 2.75) is 90.0 Å². The Labute approximate surface area is 224 Å². The number of hydrogen-bond donors (Lipinski definition) is 2. The quantitative estimate of drug-likeness (QED) is 0.108. The van der Waals surface area contributed by atoms with Gasteiger partial charge in [-0.25, -0.2) is 4.79 Å². The molecule has 5 nitrogen and oxygen atoms in total. The van der Waals surface area contributed by atoms with Crippen LogP contribution in [0.1, 0.15) is 90.0 Å². The number of nitrogens with two attached hydrogens (primary N) is 1. The Morgan fingerprint density at radius 1 is 0.865 bits per heavy atom. The van der Waals surface area contributed by atoms with Gasteiger partial charge in [0.05, 0.1) is 6.61 Å². The molecule has 0 spiro atoms. The fraction of sp³-hybridized carbons (Fsp3) is 0.531. The molecule has 5 heteroatoms. The number of nitrogens with one attached hydrogen (secondary N) is 1. The molecule has 0 bridgehead atoms. The first-order valence-corrected chi connectivity index (χ1v) is 14.1. The van der Waals surface area contributed by atoms with Crippen molar-refractivity contribution in [3.05, 3.63) is 72.5 Å². The molecule has 0 saturated heterocycles. The number of carbonyl (C=O) groups is 1. The van der Waals surface area contributed by atoms with Crippen LogP contribution >= 0.6 is 0 Å². The van der Waals surface area contributed by atoms with E-state index in [1.54, 1.807) is 13.1 Å². The molecule has 1 unspecified atom stereocenters. The summed E-state index contributed by atoms with van der Waals surface area (Å²) < 4.78 is 11.1. The van der Waals surface area contributed by atoms with E-state index in [9.17, 15) is 4.79 Å². The van der Waals surface area contributed by atoms with Crippen LogP contribution in [0.3, 0.4) is 0 Å². The van der Waals surface area contributed by atoms with E-state index >= 15 is 0 Å². The summed E-state index contributed by atoms with van der Waals surface area (Å²) in [6, 6.07) is 7.80. The second-order valence-corrected chi connectivity index (χ2v) is 9.78. The van der Waals surface area contributed by atoms with E-state index in [1.165, 1.54) is 32.1 Å². The first-order valence-electron chi connectivity index (χ1n) is 14.1. The van der Waals surface area contributed by atoms with Crippen molar-refractivity contribution in [3.63, 3.8) is 0 Å². The molecule has 0 aliphatic carbocycles. The van der Waals surface area contributed by atoms with E-state index in [4.69, 9.17) is 15.2 Å². The first kappa shape index (κ1) is 30.6. The number of ether oxygens (including phenoxy) is 2. The van der Waals surface area contributed by atoms with Gasteiger partial charge in [0.2, 0.25) is 0 Å². The summed E-state index contributed by atoms with van der Waals surface area (Å²) in [5.74, 6) is -0.421. The maximum absolute atomic E-state index is 12.6. The minimum atomic E-state index is -1.20. The van der Waals surface area contributed by atoms with Gasteiger partial charge in [0.15, 0.2) is 0 Å². The standard InChI is InChI=1S/C32H48N2O3/c1-3-4-5-6-7-8-9-10-11-12-13-14-15-16-17-20-24-36-25-21-26-37-31(35)32(2,33)29-27-34-30-23-19-18-22-28(29)30/h7-8,10-11,13-14,18-19,22-23,27,34H,3-6,9,12,15-17,20-21,24-26,33H2,1-2H3. The molecule has 3 N–H and O–H groups in total. The van der Waals surface area contributed by atoms with Gasteiger partial charge < -0.3 is 20.2 Å². The van der Waals surface area contributed by atoms with E-state index in [-0.39, 0.29) is 0 Å². The Kier molecular flexibility index (Phi) is 15.4. The van der Waals surface area contributed by atoms with E-state index in [1.807, 2.05) is 24.3 Å². The van der Waals surface area contributed by atoms with E-state index in [2.05, 4.69) is 48.4 Å². The Morgan fingerprint density at radius 2 is 1.51 bits per heavy atom. The van der Waals surface area contributed by atoms with Crippen LogP contribution in [0.4, 0.5) is 0 Å². The Bertz CT molecular complexity index is 971.